The Morgan fingerprint density at radius 1 is 1.15 bits per heavy atom. The van der Waals surface area contributed by atoms with Crippen LogP contribution in [0.15, 0.2) is 42.7 Å². The van der Waals surface area contributed by atoms with Crippen LogP contribution < -0.4 is 15.4 Å². The number of pyridine rings is 1. The largest absolute Gasteiger partial charge is 0.494 e. The van der Waals surface area contributed by atoms with E-state index >= 15 is 0 Å². The van der Waals surface area contributed by atoms with E-state index in [1.165, 1.54) is 5.56 Å². The smallest absolute Gasteiger partial charge is 0.123 e. The Bertz CT molecular complexity index is 543. The molecule has 2 rings (SSSR count). The van der Waals surface area contributed by atoms with Gasteiger partial charge in [0, 0.05) is 49.0 Å². The summed E-state index contributed by atoms with van der Waals surface area (Å²) in [5.74, 6) is 0.815. The van der Waals surface area contributed by atoms with Gasteiger partial charge < -0.3 is 15.4 Å². The van der Waals surface area contributed by atoms with Crippen molar-refractivity contribution >= 4 is 11.4 Å². The Balaban J connectivity index is 2.22. The quantitative estimate of drug-likeness (QED) is 0.820. The highest BCUT2D eigenvalue weighted by Crippen LogP contribution is 2.26. The van der Waals surface area contributed by atoms with Gasteiger partial charge in [-0.3, -0.25) is 4.98 Å². The van der Waals surface area contributed by atoms with Crippen LogP contribution in [-0.2, 0) is 6.54 Å². The first-order valence-corrected chi connectivity index (χ1v) is 6.90. The summed E-state index contributed by atoms with van der Waals surface area (Å²) in [5, 5.41) is 0. The van der Waals surface area contributed by atoms with Gasteiger partial charge in [-0.2, -0.15) is 0 Å². The highest BCUT2D eigenvalue weighted by molar-refractivity contribution is 5.60. The van der Waals surface area contributed by atoms with E-state index < -0.39 is 0 Å². The first kappa shape index (κ1) is 14.2. The molecule has 0 bridgehead atoms. The van der Waals surface area contributed by atoms with Gasteiger partial charge in [-0.05, 0) is 37.6 Å². The lowest BCUT2D eigenvalue weighted by atomic mass is 10.2. The van der Waals surface area contributed by atoms with E-state index in [1.54, 1.807) is 0 Å². The van der Waals surface area contributed by atoms with E-state index in [-0.39, 0.29) is 0 Å². The molecule has 1 aromatic heterocycles. The SMILES string of the molecule is CCOc1cc(N)cc(N(CC)Cc2ccncc2)c1. The van der Waals surface area contributed by atoms with Crippen molar-refractivity contribution in [1.82, 2.24) is 4.98 Å². The zero-order valence-electron chi connectivity index (χ0n) is 12.0. The number of nitrogens with two attached hydrogens (primary N) is 1. The van der Waals surface area contributed by atoms with Crippen LogP contribution in [0, 0.1) is 0 Å². The van der Waals surface area contributed by atoms with E-state index in [9.17, 15) is 0 Å². The molecule has 0 saturated carbocycles. The third-order valence-corrected chi connectivity index (χ3v) is 3.09. The Labute approximate surface area is 120 Å². The summed E-state index contributed by atoms with van der Waals surface area (Å²) in [6.45, 7) is 6.47. The van der Waals surface area contributed by atoms with Gasteiger partial charge in [0.25, 0.3) is 0 Å². The normalized spacial score (nSPS) is 10.3. The molecule has 2 N–H and O–H groups in total. The van der Waals surface area contributed by atoms with Gasteiger partial charge in [0.1, 0.15) is 5.75 Å². The summed E-state index contributed by atoms with van der Waals surface area (Å²) in [4.78, 5) is 6.30. The maximum atomic E-state index is 5.96. The Kier molecular flexibility index (Phi) is 4.82. The molecule has 0 amide bonds. The van der Waals surface area contributed by atoms with Gasteiger partial charge in [-0.1, -0.05) is 0 Å². The highest BCUT2D eigenvalue weighted by atomic mass is 16.5. The van der Waals surface area contributed by atoms with Crippen molar-refractivity contribution in [3.8, 4) is 5.75 Å². The van der Waals surface area contributed by atoms with Crippen LogP contribution in [0.3, 0.4) is 0 Å². The predicted molar refractivity (Wildman–Crippen MR) is 83.0 cm³/mol. The minimum Gasteiger partial charge on any atom is -0.494 e. The first-order valence-electron chi connectivity index (χ1n) is 6.90. The van der Waals surface area contributed by atoms with Crippen molar-refractivity contribution < 1.29 is 4.74 Å². The van der Waals surface area contributed by atoms with Crippen LogP contribution in [0.4, 0.5) is 11.4 Å². The second-order valence-electron chi connectivity index (χ2n) is 4.56. The fourth-order valence-electron chi connectivity index (χ4n) is 2.13. The molecule has 2 aromatic rings. The molecule has 0 saturated heterocycles. The maximum absolute atomic E-state index is 5.96. The third-order valence-electron chi connectivity index (χ3n) is 3.09. The molecule has 0 aliphatic heterocycles. The van der Waals surface area contributed by atoms with Gasteiger partial charge in [-0.15, -0.1) is 0 Å². The van der Waals surface area contributed by atoms with Gasteiger partial charge >= 0.3 is 0 Å². The van der Waals surface area contributed by atoms with Gasteiger partial charge in [0.2, 0.25) is 0 Å². The topological polar surface area (TPSA) is 51.4 Å². The van der Waals surface area contributed by atoms with Crippen molar-refractivity contribution in [2.45, 2.75) is 20.4 Å². The lowest BCUT2D eigenvalue weighted by Crippen LogP contribution is -2.22. The van der Waals surface area contributed by atoms with Crippen molar-refractivity contribution in [3.63, 3.8) is 0 Å². The number of hydrogen-bond donors (Lipinski definition) is 1. The molecule has 0 radical (unpaired) electrons. The molecule has 106 valence electrons. The van der Waals surface area contributed by atoms with Crippen LogP contribution in [-0.4, -0.2) is 18.1 Å². The van der Waals surface area contributed by atoms with Crippen molar-refractivity contribution in [3.05, 3.63) is 48.3 Å². The summed E-state index contributed by atoms with van der Waals surface area (Å²) in [5.41, 5.74) is 8.98. The van der Waals surface area contributed by atoms with E-state index in [2.05, 4.69) is 16.8 Å². The Hall–Kier alpha value is -2.23. The zero-order chi connectivity index (χ0) is 14.4. The molecule has 4 heteroatoms. The van der Waals surface area contributed by atoms with Crippen LogP contribution in [0.5, 0.6) is 5.75 Å². The minimum atomic E-state index is 0.638. The van der Waals surface area contributed by atoms with Crippen LogP contribution in [0.1, 0.15) is 19.4 Å². The summed E-state index contributed by atoms with van der Waals surface area (Å²) in [6.07, 6.45) is 3.63. The van der Waals surface area contributed by atoms with E-state index in [0.717, 1.165) is 30.2 Å². The summed E-state index contributed by atoms with van der Waals surface area (Å²) < 4.78 is 5.56. The minimum absolute atomic E-state index is 0.638. The number of rotatable bonds is 6. The fourth-order valence-corrected chi connectivity index (χ4v) is 2.13. The zero-order valence-corrected chi connectivity index (χ0v) is 12.0. The number of anilines is 2. The van der Waals surface area contributed by atoms with Crippen LogP contribution >= 0.6 is 0 Å². The van der Waals surface area contributed by atoms with E-state index in [4.69, 9.17) is 10.5 Å². The molecule has 0 aliphatic rings. The number of hydrogen-bond acceptors (Lipinski definition) is 4. The molecule has 0 unspecified atom stereocenters. The Morgan fingerprint density at radius 3 is 2.55 bits per heavy atom. The lowest BCUT2D eigenvalue weighted by Gasteiger charge is -2.24. The standard InChI is InChI=1S/C16H21N3O/c1-3-19(12-13-5-7-18-8-6-13)15-9-14(17)10-16(11-15)20-4-2/h5-11H,3-4,12,17H2,1-2H3. The summed E-state index contributed by atoms with van der Waals surface area (Å²) in [6, 6.07) is 9.92. The molecule has 20 heavy (non-hydrogen) atoms. The van der Waals surface area contributed by atoms with Crippen molar-refractivity contribution in [1.29, 1.82) is 0 Å². The Morgan fingerprint density at radius 2 is 1.90 bits per heavy atom. The average Bonchev–Trinajstić information content (AvgIpc) is 2.45. The third kappa shape index (κ3) is 3.63. The molecule has 0 atom stereocenters. The van der Waals surface area contributed by atoms with Gasteiger partial charge in [0.15, 0.2) is 0 Å². The fraction of sp³-hybridized carbons (Fsp3) is 0.312. The van der Waals surface area contributed by atoms with Crippen molar-refractivity contribution in [2.24, 2.45) is 0 Å². The average molecular weight is 271 g/mol. The lowest BCUT2D eigenvalue weighted by molar-refractivity contribution is 0.340. The first-order chi connectivity index (χ1) is 9.72. The second-order valence-corrected chi connectivity index (χ2v) is 4.56. The molecule has 0 fully saturated rings. The van der Waals surface area contributed by atoms with Crippen molar-refractivity contribution in [2.75, 3.05) is 23.8 Å². The van der Waals surface area contributed by atoms with E-state index in [1.807, 2.05) is 49.6 Å². The number of aromatic nitrogens is 1. The molecule has 0 aliphatic carbocycles. The number of nitrogens with zero attached hydrogens (tertiary/aromatic N) is 2. The number of benzene rings is 1. The summed E-state index contributed by atoms with van der Waals surface area (Å²) in [7, 11) is 0. The predicted octanol–water partition coefficient (Wildman–Crippen LogP) is 3.09. The summed E-state index contributed by atoms with van der Waals surface area (Å²) >= 11 is 0. The maximum Gasteiger partial charge on any atom is 0.123 e. The highest BCUT2D eigenvalue weighted by Gasteiger charge is 2.08. The molecule has 4 nitrogen and oxygen atoms in total. The number of ether oxygens (including phenoxy) is 1. The molecule has 1 aromatic carbocycles. The molecular formula is C16H21N3O. The molecule has 1 heterocycles. The monoisotopic (exact) mass is 271 g/mol. The van der Waals surface area contributed by atoms with Gasteiger partial charge in [0.05, 0.1) is 6.61 Å². The van der Waals surface area contributed by atoms with Crippen LogP contribution in [0.25, 0.3) is 0 Å². The second kappa shape index (κ2) is 6.80. The van der Waals surface area contributed by atoms with Crippen LogP contribution in [0.2, 0.25) is 0 Å². The molecular weight excluding hydrogens is 250 g/mol. The molecule has 0 spiro atoms. The number of nitrogen functional groups attached to an aromatic ring is 1. The van der Waals surface area contributed by atoms with E-state index in [0.29, 0.717) is 6.61 Å². The van der Waals surface area contributed by atoms with Gasteiger partial charge in [-0.25, -0.2) is 0 Å².